The van der Waals surface area contributed by atoms with Crippen LogP contribution in [0.3, 0.4) is 0 Å². The highest BCUT2D eigenvalue weighted by Crippen LogP contribution is 2.46. The van der Waals surface area contributed by atoms with Gasteiger partial charge in [-0.25, -0.2) is 9.38 Å². The van der Waals surface area contributed by atoms with Gasteiger partial charge in [-0.05, 0) is 35.4 Å². The Hall–Kier alpha value is -3.96. The summed E-state index contributed by atoms with van der Waals surface area (Å²) in [6.07, 6.45) is 0. The van der Waals surface area contributed by atoms with Crippen LogP contribution in [0.1, 0.15) is 11.1 Å². The summed E-state index contributed by atoms with van der Waals surface area (Å²) in [5.74, 6) is -0.698. The molecule has 0 bridgehead atoms. The molecule has 194 valence electrons. The quantitative estimate of drug-likeness (QED) is 0.425. The highest BCUT2D eigenvalue weighted by Gasteiger charge is 2.51. The molecular weight excluding hydrogens is 501 g/mol. The summed E-state index contributed by atoms with van der Waals surface area (Å²) in [4.78, 5) is 19.5. The molecule has 0 aromatic heterocycles. The van der Waals surface area contributed by atoms with Crippen molar-refractivity contribution in [2.45, 2.75) is 5.54 Å². The van der Waals surface area contributed by atoms with Gasteiger partial charge in [0.1, 0.15) is 23.1 Å². The molecular formula is C26H26FN3O6S. The molecule has 37 heavy (non-hydrogen) atoms. The molecule has 2 N–H and O–H groups in total. The predicted octanol–water partition coefficient (Wildman–Crippen LogP) is 2.89. The second kappa shape index (κ2) is 10.2. The van der Waals surface area contributed by atoms with Crippen molar-refractivity contribution >= 4 is 22.0 Å². The minimum atomic E-state index is -3.87. The number of carbonyl (C=O) groups is 1. The Labute approximate surface area is 214 Å². The molecule has 0 aliphatic carbocycles. The molecule has 1 aliphatic rings. The average molecular weight is 528 g/mol. The van der Waals surface area contributed by atoms with E-state index >= 15 is 0 Å². The van der Waals surface area contributed by atoms with Gasteiger partial charge in [-0.2, -0.15) is 8.42 Å². The van der Waals surface area contributed by atoms with Crippen LogP contribution in [0.15, 0.2) is 71.7 Å². The summed E-state index contributed by atoms with van der Waals surface area (Å²) in [5.41, 5.74) is 6.61. The zero-order chi connectivity index (χ0) is 26.8. The van der Waals surface area contributed by atoms with Gasteiger partial charge in [0.2, 0.25) is 0 Å². The number of ether oxygens (including phenoxy) is 2. The van der Waals surface area contributed by atoms with E-state index in [0.717, 1.165) is 0 Å². The second-order valence-corrected chi connectivity index (χ2v) is 9.99. The lowest BCUT2D eigenvalue weighted by atomic mass is 9.81. The number of nitrogens with zero attached hydrogens (tertiary/aromatic N) is 2. The standard InChI is InChI=1S/C26H26FN3O6S/c1-30-24(31)26(29-25(30)28,18-9-13-20(14-10-18)36-37(32,33)16-15-34-2)22-6-4-5-21(23(22)35-3)17-7-11-19(27)12-8-17/h4-14H,15-16H2,1-3H3,(H2,28,29). The summed E-state index contributed by atoms with van der Waals surface area (Å²) < 4.78 is 53.6. The number of guanidine groups is 1. The molecule has 0 saturated carbocycles. The highest BCUT2D eigenvalue weighted by molar-refractivity contribution is 7.87. The molecule has 1 unspecified atom stereocenters. The van der Waals surface area contributed by atoms with Crippen LogP contribution in [-0.4, -0.2) is 58.8 Å². The monoisotopic (exact) mass is 527 g/mol. The van der Waals surface area contributed by atoms with Crippen molar-refractivity contribution < 1.29 is 31.3 Å². The van der Waals surface area contributed by atoms with E-state index in [0.29, 0.717) is 28.0 Å². The number of amides is 1. The van der Waals surface area contributed by atoms with Crippen molar-refractivity contribution in [1.29, 1.82) is 0 Å². The molecule has 0 spiro atoms. The van der Waals surface area contributed by atoms with Crippen LogP contribution in [0.25, 0.3) is 11.1 Å². The van der Waals surface area contributed by atoms with Crippen molar-refractivity contribution in [3.63, 3.8) is 0 Å². The van der Waals surface area contributed by atoms with E-state index < -0.39 is 21.6 Å². The number of methoxy groups -OCH3 is 2. The molecule has 9 nitrogen and oxygen atoms in total. The first-order valence-corrected chi connectivity index (χ1v) is 12.8. The first-order chi connectivity index (χ1) is 17.6. The van der Waals surface area contributed by atoms with E-state index in [-0.39, 0.29) is 29.9 Å². The van der Waals surface area contributed by atoms with Crippen molar-refractivity contribution in [2.75, 3.05) is 33.6 Å². The second-order valence-electron chi connectivity index (χ2n) is 8.30. The van der Waals surface area contributed by atoms with Crippen molar-refractivity contribution in [3.8, 4) is 22.6 Å². The van der Waals surface area contributed by atoms with Gasteiger partial charge in [0.15, 0.2) is 11.5 Å². The largest absolute Gasteiger partial charge is 0.496 e. The van der Waals surface area contributed by atoms with Gasteiger partial charge in [0.25, 0.3) is 5.91 Å². The van der Waals surface area contributed by atoms with Crippen molar-refractivity contribution in [1.82, 2.24) is 4.90 Å². The van der Waals surface area contributed by atoms with E-state index in [1.807, 2.05) is 0 Å². The molecule has 0 radical (unpaired) electrons. The summed E-state index contributed by atoms with van der Waals surface area (Å²) in [6, 6.07) is 17.1. The van der Waals surface area contributed by atoms with Crippen LogP contribution in [0, 0.1) is 5.82 Å². The zero-order valence-corrected chi connectivity index (χ0v) is 21.3. The molecule has 0 fully saturated rings. The topological polar surface area (TPSA) is 121 Å². The Balaban J connectivity index is 1.85. The smallest absolute Gasteiger partial charge is 0.311 e. The Kier molecular flexibility index (Phi) is 7.19. The molecule has 1 heterocycles. The first-order valence-electron chi connectivity index (χ1n) is 11.2. The van der Waals surface area contributed by atoms with Gasteiger partial charge >= 0.3 is 10.1 Å². The molecule has 3 aromatic rings. The van der Waals surface area contributed by atoms with Gasteiger partial charge in [-0.3, -0.25) is 9.69 Å². The lowest BCUT2D eigenvalue weighted by molar-refractivity contribution is -0.129. The Morgan fingerprint density at radius 3 is 2.27 bits per heavy atom. The van der Waals surface area contributed by atoms with E-state index in [2.05, 4.69) is 4.99 Å². The fourth-order valence-corrected chi connectivity index (χ4v) is 5.04. The van der Waals surface area contributed by atoms with Crippen LogP contribution in [0.5, 0.6) is 11.5 Å². The molecule has 0 saturated heterocycles. The Morgan fingerprint density at radius 1 is 1.03 bits per heavy atom. The number of rotatable bonds is 9. The van der Waals surface area contributed by atoms with Gasteiger partial charge in [-0.15, -0.1) is 0 Å². The number of hydrogen-bond acceptors (Lipinski definition) is 8. The maximum absolute atomic E-state index is 13.7. The molecule has 1 amide bonds. The number of aliphatic imine (C=N–C) groups is 1. The molecule has 11 heteroatoms. The van der Waals surface area contributed by atoms with Crippen LogP contribution < -0.4 is 14.7 Å². The van der Waals surface area contributed by atoms with Crippen LogP contribution in [-0.2, 0) is 25.2 Å². The third kappa shape index (κ3) is 4.87. The lowest BCUT2D eigenvalue weighted by Gasteiger charge is -2.28. The van der Waals surface area contributed by atoms with E-state index in [1.54, 1.807) is 42.5 Å². The third-order valence-electron chi connectivity index (χ3n) is 6.04. The number of carbonyl (C=O) groups excluding carboxylic acids is 1. The molecule has 3 aromatic carbocycles. The van der Waals surface area contributed by atoms with Crippen molar-refractivity contribution in [2.24, 2.45) is 10.7 Å². The SMILES string of the molecule is COCCS(=O)(=O)Oc1ccc(C2(c3cccc(-c4ccc(F)cc4)c3OC)N=C(N)N(C)C2=O)cc1. The first kappa shape index (κ1) is 26.1. The normalized spacial score (nSPS) is 17.6. The van der Waals surface area contributed by atoms with Gasteiger partial charge < -0.3 is 19.4 Å². The lowest BCUT2D eigenvalue weighted by Crippen LogP contribution is -2.41. The van der Waals surface area contributed by atoms with Crippen LogP contribution in [0.2, 0.25) is 0 Å². The number of hydrogen-bond donors (Lipinski definition) is 1. The number of halogens is 1. The minimum absolute atomic E-state index is 0.00158. The Morgan fingerprint density at radius 2 is 1.70 bits per heavy atom. The number of para-hydroxylation sites is 1. The highest BCUT2D eigenvalue weighted by atomic mass is 32.2. The van der Waals surface area contributed by atoms with Gasteiger partial charge in [0.05, 0.1) is 13.7 Å². The zero-order valence-electron chi connectivity index (χ0n) is 20.5. The summed E-state index contributed by atoms with van der Waals surface area (Å²) in [5, 5.41) is 0. The Bertz CT molecular complexity index is 1440. The van der Waals surface area contributed by atoms with Crippen molar-refractivity contribution in [3.05, 3.63) is 83.7 Å². The summed E-state index contributed by atoms with van der Waals surface area (Å²) in [6.45, 7) is -0.0114. The predicted molar refractivity (Wildman–Crippen MR) is 136 cm³/mol. The number of nitrogens with two attached hydrogens (primary N) is 1. The van der Waals surface area contributed by atoms with E-state index in [9.17, 15) is 17.6 Å². The summed E-state index contributed by atoms with van der Waals surface area (Å²) in [7, 11) is 0.508. The minimum Gasteiger partial charge on any atom is -0.496 e. The molecule has 1 atom stereocenters. The fraction of sp³-hybridized carbons (Fsp3) is 0.231. The van der Waals surface area contributed by atoms with Crippen LogP contribution in [0.4, 0.5) is 4.39 Å². The average Bonchev–Trinajstić information content (AvgIpc) is 3.12. The summed E-state index contributed by atoms with van der Waals surface area (Å²) >= 11 is 0. The van der Waals surface area contributed by atoms with Gasteiger partial charge in [0, 0.05) is 25.3 Å². The maximum atomic E-state index is 13.7. The molecule has 4 rings (SSSR count). The van der Waals surface area contributed by atoms with Gasteiger partial charge in [-0.1, -0.05) is 42.5 Å². The number of likely N-dealkylation sites (N-methyl/N-ethyl adjacent to an activating group) is 1. The third-order valence-corrected chi connectivity index (χ3v) is 7.15. The molecule has 1 aliphatic heterocycles. The van der Waals surface area contributed by atoms with Crippen LogP contribution >= 0.6 is 0 Å². The maximum Gasteiger partial charge on any atom is 0.311 e. The van der Waals surface area contributed by atoms with E-state index in [1.165, 1.54) is 50.4 Å². The number of benzene rings is 3. The fourth-order valence-electron chi connectivity index (χ4n) is 4.18. The van der Waals surface area contributed by atoms with E-state index in [4.69, 9.17) is 19.4 Å².